The average molecular weight is 405 g/mol. The number of carbonyl (C=O) groups is 1. The first-order valence-corrected chi connectivity index (χ1v) is 9.49. The molecule has 0 aliphatic carbocycles. The highest BCUT2D eigenvalue weighted by atomic mass is 32.2. The number of aromatic nitrogens is 3. The van der Waals surface area contributed by atoms with Crippen LogP contribution in [0.5, 0.6) is 0 Å². The predicted octanol–water partition coefficient (Wildman–Crippen LogP) is 1.32. The molecule has 28 heavy (non-hydrogen) atoms. The van der Waals surface area contributed by atoms with Gasteiger partial charge in [0.15, 0.2) is 17.3 Å². The molecule has 0 fully saturated rings. The Morgan fingerprint density at radius 1 is 1.29 bits per heavy atom. The molecule has 1 aromatic carbocycles. The van der Waals surface area contributed by atoms with Crippen LogP contribution in [0.2, 0.25) is 0 Å². The number of amides is 1. The Balaban J connectivity index is 1.51. The maximum absolute atomic E-state index is 12.2. The fourth-order valence-electron chi connectivity index (χ4n) is 2.47. The number of aromatic amines is 1. The molecule has 2 aromatic heterocycles. The molecule has 1 unspecified atom stereocenters. The van der Waals surface area contributed by atoms with E-state index >= 15 is 0 Å². The van der Waals surface area contributed by atoms with Gasteiger partial charge in [-0.25, -0.2) is 4.21 Å². The van der Waals surface area contributed by atoms with Crippen molar-refractivity contribution in [2.24, 2.45) is 0 Å². The Hall–Kier alpha value is -3.02. The molecule has 0 aliphatic heterocycles. The first-order valence-electron chi connectivity index (χ1n) is 8.42. The van der Waals surface area contributed by atoms with Gasteiger partial charge in [0.2, 0.25) is 0 Å². The lowest BCUT2D eigenvalue weighted by atomic mass is 10.1. The third kappa shape index (κ3) is 4.82. The van der Waals surface area contributed by atoms with Crippen molar-refractivity contribution in [1.82, 2.24) is 20.7 Å². The van der Waals surface area contributed by atoms with Gasteiger partial charge < -0.3 is 14.9 Å². The number of nitrogens with one attached hydrogen (secondary N) is 2. The molecule has 4 N–H and O–H groups in total. The van der Waals surface area contributed by atoms with Crippen LogP contribution in [-0.2, 0) is 17.9 Å². The van der Waals surface area contributed by atoms with Gasteiger partial charge in [-0.15, -0.1) is 0 Å². The molecule has 0 radical (unpaired) electrons. The van der Waals surface area contributed by atoms with E-state index in [-0.39, 0.29) is 31.2 Å². The van der Waals surface area contributed by atoms with E-state index in [2.05, 4.69) is 20.7 Å². The quantitative estimate of drug-likeness (QED) is 0.310. The largest absolute Gasteiger partial charge is 0.390 e. The highest BCUT2D eigenvalue weighted by Crippen LogP contribution is 2.19. The first kappa shape index (κ1) is 19.7. The molecule has 3 rings (SSSR count). The molecule has 148 valence electrons. The fraction of sp³-hybridized carbons (Fsp3) is 0.235. The first-order chi connectivity index (χ1) is 13.6. The van der Waals surface area contributed by atoms with Gasteiger partial charge in [0.25, 0.3) is 17.2 Å². The number of carbonyl (C=O) groups excluding carboxylic acids is 1. The number of nitrogens with zero attached hydrogens (tertiary/aromatic N) is 3. The molecule has 0 saturated carbocycles. The molecule has 1 atom stereocenters. The van der Waals surface area contributed by atoms with E-state index < -0.39 is 17.2 Å². The maximum Gasteiger partial charge on any atom is 0.273 e. The van der Waals surface area contributed by atoms with Gasteiger partial charge in [-0.3, -0.25) is 18.8 Å². The Labute approximate surface area is 163 Å². The van der Waals surface area contributed by atoms with Crippen molar-refractivity contribution in [3.8, 4) is 11.3 Å². The molecule has 3 aromatic rings. The van der Waals surface area contributed by atoms with E-state index in [9.17, 15) is 13.6 Å². The lowest BCUT2D eigenvalue weighted by Gasteiger charge is -2.16. The van der Waals surface area contributed by atoms with Gasteiger partial charge >= 0.3 is 0 Å². The minimum atomic E-state index is -2.28. The number of anilines is 1. The summed E-state index contributed by atoms with van der Waals surface area (Å²) in [6, 6.07) is 12.3. The lowest BCUT2D eigenvalue weighted by Crippen LogP contribution is -2.31. The molecule has 0 spiro atoms. The highest BCUT2D eigenvalue weighted by molar-refractivity contribution is 7.80. The number of rotatable bonds is 9. The van der Waals surface area contributed by atoms with Gasteiger partial charge in [-0.1, -0.05) is 35.5 Å². The molecule has 2 heterocycles. The summed E-state index contributed by atoms with van der Waals surface area (Å²) in [5, 5.41) is 21.9. The molecule has 1 amide bonds. The summed E-state index contributed by atoms with van der Waals surface area (Å²) >= 11 is -2.28. The monoisotopic (exact) mass is 405 g/mol. The second kappa shape index (κ2) is 9.26. The van der Waals surface area contributed by atoms with E-state index in [1.165, 1.54) is 6.07 Å². The van der Waals surface area contributed by atoms with Crippen molar-refractivity contribution in [2.45, 2.75) is 13.0 Å². The van der Waals surface area contributed by atoms with Crippen LogP contribution in [0.15, 0.2) is 47.0 Å². The zero-order chi connectivity index (χ0) is 19.9. The second-order valence-corrected chi connectivity index (χ2v) is 6.70. The molecule has 10 nitrogen and oxygen atoms in total. The summed E-state index contributed by atoms with van der Waals surface area (Å²) in [4.78, 5) is 12.2. The summed E-state index contributed by atoms with van der Waals surface area (Å²) in [7, 11) is 0. The van der Waals surface area contributed by atoms with Crippen molar-refractivity contribution in [3.63, 3.8) is 0 Å². The molecule has 0 saturated heterocycles. The standard InChI is InChI=1S/C17H19N5O5S/c23-11-13-9-16(20-19-13)22(28(25)26)8-4-7-18-17(24)14-10-15(27-21-14)12-5-2-1-3-6-12/h1-3,5-6,9-10,23H,4,7-8,11H2,(H,18,24)(H,19,20)(H,25,26). The van der Waals surface area contributed by atoms with Crippen LogP contribution in [0.4, 0.5) is 5.82 Å². The van der Waals surface area contributed by atoms with Crippen LogP contribution in [0.3, 0.4) is 0 Å². The Kier molecular flexibility index (Phi) is 6.53. The van der Waals surface area contributed by atoms with E-state index in [0.717, 1.165) is 9.87 Å². The molecular weight excluding hydrogens is 386 g/mol. The number of benzene rings is 1. The minimum absolute atomic E-state index is 0.154. The van der Waals surface area contributed by atoms with Crippen molar-refractivity contribution in [1.29, 1.82) is 0 Å². The lowest BCUT2D eigenvalue weighted by molar-refractivity contribution is 0.0944. The van der Waals surface area contributed by atoms with Crippen LogP contribution in [0.25, 0.3) is 11.3 Å². The summed E-state index contributed by atoms with van der Waals surface area (Å²) < 4.78 is 27.3. The van der Waals surface area contributed by atoms with Gasteiger partial charge in [0.05, 0.1) is 12.3 Å². The minimum Gasteiger partial charge on any atom is -0.390 e. The number of hydrogen-bond donors (Lipinski definition) is 4. The van der Waals surface area contributed by atoms with Gasteiger partial charge in [0, 0.05) is 30.8 Å². The zero-order valence-electron chi connectivity index (χ0n) is 14.7. The van der Waals surface area contributed by atoms with Crippen LogP contribution < -0.4 is 9.62 Å². The van der Waals surface area contributed by atoms with E-state index in [1.54, 1.807) is 6.07 Å². The van der Waals surface area contributed by atoms with E-state index in [4.69, 9.17) is 9.63 Å². The molecular formula is C17H19N5O5S. The zero-order valence-corrected chi connectivity index (χ0v) is 15.6. The Morgan fingerprint density at radius 3 is 2.75 bits per heavy atom. The number of hydrogen-bond acceptors (Lipinski definition) is 6. The average Bonchev–Trinajstić information content (AvgIpc) is 3.38. The predicted molar refractivity (Wildman–Crippen MR) is 102 cm³/mol. The third-order valence-electron chi connectivity index (χ3n) is 3.86. The smallest absolute Gasteiger partial charge is 0.273 e. The van der Waals surface area contributed by atoms with Crippen LogP contribution in [-0.4, -0.2) is 48.2 Å². The molecule has 0 aliphatic rings. The number of aliphatic hydroxyl groups is 1. The highest BCUT2D eigenvalue weighted by Gasteiger charge is 2.17. The Morgan fingerprint density at radius 2 is 2.07 bits per heavy atom. The van der Waals surface area contributed by atoms with Crippen molar-refractivity contribution < 1.29 is 23.2 Å². The van der Waals surface area contributed by atoms with Gasteiger partial charge in [-0.05, 0) is 6.42 Å². The SMILES string of the molecule is O=C(NCCCN(c1cc(CO)[nH]n1)S(=O)O)c1cc(-c2ccccc2)on1. The summed E-state index contributed by atoms with van der Waals surface area (Å²) in [5.41, 5.74) is 1.40. The Bertz CT molecular complexity index is 942. The second-order valence-electron chi connectivity index (χ2n) is 5.79. The van der Waals surface area contributed by atoms with Gasteiger partial charge in [-0.2, -0.15) is 5.10 Å². The molecule has 0 bridgehead atoms. The van der Waals surface area contributed by atoms with Gasteiger partial charge in [0.1, 0.15) is 0 Å². The van der Waals surface area contributed by atoms with Crippen LogP contribution in [0, 0.1) is 0 Å². The number of aliphatic hydroxyl groups excluding tert-OH is 1. The maximum atomic E-state index is 12.2. The third-order valence-corrected chi connectivity index (χ3v) is 4.60. The van der Waals surface area contributed by atoms with E-state index in [0.29, 0.717) is 17.9 Å². The fourth-order valence-corrected chi connectivity index (χ4v) is 3.01. The summed E-state index contributed by atoms with van der Waals surface area (Å²) in [6.07, 6.45) is 0.392. The number of H-pyrrole nitrogens is 1. The van der Waals surface area contributed by atoms with Crippen LogP contribution in [0.1, 0.15) is 22.6 Å². The van der Waals surface area contributed by atoms with Crippen molar-refractivity contribution in [2.75, 3.05) is 17.4 Å². The topological polar surface area (TPSA) is 145 Å². The van der Waals surface area contributed by atoms with Crippen LogP contribution >= 0.6 is 0 Å². The molecule has 11 heteroatoms. The van der Waals surface area contributed by atoms with Crippen molar-refractivity contribution in [3.05, 3.63) is 53.9 Å². The van der Waals surface area contributed by atoms with Crippen molar-refractivity contribution >= 4 is 23.0 Å². The normalized spacial score (nSPS) is 11.9. The van der Waals surface area contributed by atoms with E-state index in [1.807, 2.05) is 30.3 Å². The summed E-state index contributed by atoms with van der Waals surface area (Å²) in [5.74, 6) is 0.330. The summed E-state index contributed by atoms with van der Waals surface area (Å²) in [6.45, 7) is 0.183.